The molecule has 0 radical (unpaired) electrons. The van der Waals surface area contributed by atoms with Crippen molar-refractivity contribution in [3.63, 3.8) is 0 Å². The zero-order valence-corrected chi connectivity index (χ0v) is 14.7. The summed E-state index contributed by atoms with van der Waals surface area (Å²) in [5.41, 5.74) is 8.54. The first-order chi connectivity index (χ1) is 11.8. The number of halogens is 2. The van der Waals surface area contributed by atoms with Gasteiger partial charge in [0.25, 0.3) is 11.8 Å². The van der Waals surface area contributed by atoms with Gasteiger partial charge in [-0.1, -0.05) is 6.92 Å². The molecule has 25 heavy (non-hydrogen) atoms. The highest BCUT2D eigenvalue weighted by molar-refractivity contribution is 6.02. The highest BCUT2D eigenvalue weighted by Gasteiger charge is 2.46. The molecule has 4 N–H and O–H groups in total. The molecule has 0 spiro atoms. The van der Waals surface area contributed by atoms with E-state index in [1.807, 2.05) is 6.07 Å². The van der Waals surface area contributed by atoms with E-state index in [1.54, 1.807) is 13.1 Å². The monoisotopic (exact) mass is 352 g/mol. The Morgan fingerprint density at radius 2 is 1.92 bits per heavy atom. The van der Waals surface area contributed by atoms with Crippen molar-refractivity contribution in [3.05, 3.63) is 17.7 Å². The van der Waals surface area contributed by atoms with Crippen molar-refractivity contribution < 1.29 is 13.6 Å². The lowest BCUT2D eigenvalue weighted by molar-refractivity contribution is -0.0901. The Balaban J connectivity index is 1.83. The molecule has 2 aliphatic rings. The molecule has 1 aromatic rings. The quantitative estimate of drug-likeness (QED) is 0.729. The summed E-state index contributed by atoms with van der Waals surface area (Å²) in [6.07, 6.45) is 1.54. The number of nitrogens with one attached hydrogen (secondary N) is 2. The number of benzene rings is 1. The Morgan fingerprint density at radius 1 is 1.28 bits per heavy atom. The third kappa shape index (κ3) is 3.80. The molecule has 1 aliphatic heterocycles. The lowest BCUT2D eigenvalue weighted by Crippen LogP contribution is -2.50. The van der Waals surface area contributed by atoms with Crippen molar-refractivity contribution in [2.75, 3.05) is 36.1 Å². The number of amides is 1. The van der Waals surface area contributed by atoms with Crippen LogP contribution in [-0.2, 0) is 0 Å². The van der Waals surface area contributed by atoms with E-state index in [0.717, 1.165) is 37.3 Å². The summed E-state index contributed by atoms with van der Waals surface area (Å²) < 4.78 is 26.0. The number of piperidine rings is 1. The first kappa shape index (κ1) is 17.8. The Hall–Kier alpha value is -2.05. The molecule has 1 saturated heterocycles. The zero-order valence-electron chi connectivity index (χ0n) is 14.7. The molecule has 7 heteroatoms. The number of nitrogen functional groups attached to an aromatic ring is 1. The number of anilines is 3. The fourth-order valence-corrected chi connectivity index (χ4v) is 3.54. The minimum absolute atomic E-state index is 0.292. The van der Waals surface area contributed by atoms with Gasteiger partial charge in [0, 0.05) is 39.0 Å². The third-order valence-corrected chi connectivity index (χ3v) is 5.23. The Kier molecular flexibility index (Phi) is 4.75. The van der Waals surface area contributed by atoms with Gasteiger partial charge in [0.2, 0.25) is 0 Å². The SMILES string of the molecule is CNc1cc(N2CCC(C)CC2)c(C(=O)NC2CC(F)(F)C2)cc1N. The molecule has 0 aromatic heterocycles. The second-order valence-corrected chi connectivity index (χ2v) is 7.31. The lowest BCUT2D eigenvalue weighted by Gasteiger charge is -2.36. The third-order valence-electron chi connectivity index (χ3n) is 5.23. The maximum absolute atomic E-state index is 13.0. The van der Waals surface area contributed by atoms with Crippen LogP contribution in [0.4, 0.5) is 25.8 Å². The largest absolute Gasteiger partial charge is 0.397 e. The van der Waals surface area contributed by atoms with Gasteiger partial charge >= 0.3 is 0 Å². The van der Waals surface area contributed by atoms with Crippen LogP contribution in [0.3, 0.4) is 0 Å². The molecule has 3 rings (SSSR count). The van der Waals surface area contributed by atoms with Crippen molar-refractivity contribution >= 4 is 23.0 Å². The summed E-state index contributed by atoms with van der Waals surface area (Å²) in [6, 6.07) is 3.06. The van der Waals surface area contributed by atoms with Crippen molar-refractivity contribution in [1.29, 1.82) is 0 Å². The summed E-state index contributed by atoms with van der Waals surface area (Å²) in [7, 11) is 1.78. The molecule has 5 nitrogen and oxygen atoms in total. The average Bonchev–Trinajstić information content (AvgIpc) is 2.53. The number of carbonyl (C=O) groups is 1. The van der Waals surface area contributed by atoms with Gasteiger partial charge in [-0.3, -0.25) is 4.79 Å². The maximum atomic E-state index is 13.0. The summed E-state index contributed by atoms with van der Waals surface area (Å²) in [5.74, 6) is -2.31. The first-order valence-corrected chi connectivity index (χ1v) is 8.84. The Labute approximate surface area is 146 Å². The minimum Gasteiger partial charge on any atom is -0.397 e. The normalized spacial score (nSPS) is 20.9. The van der Waals surface area contributed by atoms with Crippen molar-refractivity contribution in [2.45, 2.75) is 44.6 Å². The number of rotatable bonds is 4. The van der Waals surface area contributed by atoms with Crippen LogP contribution < -0.4 is 21.3 Å². The minimum atomic E-state index is -2.65. The molecule has 1 amide bonds. The van der Waals surface area contributed by atoms with Crippen LogP contribution in [0.25, 0.3) is 0 Å². The van der Waals surface area contributed by atoms with Crippen LogP contribution in [-0.4, -0.2) is 38.0 Å². The lowest BCUT2D eigenvalue weighted by atomic mass is 9.88. The molecule has 1 aromatic carbocycles. The van der Waals surface area contributed by atoms with Gasteiger partial charge in [-0.05, 0) is 30.9 Å². The summed E-state index contributed by atoms with van der Waals surface area (Å²) >= 11 is 0. The second-order valence-electron chi connectivity index (χ2n) is 7.31. The predicted octanol–water partition coefficient (Wildman–Crippen LogP) is 3.07. The van der Waals surface area contributed by atoms with E-state index in [2.05, 4.69) is 22.5 Å². The van der Waals surface area contributed by atoms with Crippen LogP contribution in [0.2, 0.25) is 0 Å². The molecule has 1 heterocycles. The summed E-state index contributed by atoms with van der Waals surface area (Å²) in [6.45, 7) is 3.97. The van der Waals surface area contributed by atoms with Crippen molar-refractivity contribution in [1.82, 2.24) is 5.32 Å². The summed E-state index contributed by atoms with van der Waals surface area (Å²) in [5, 5.41) is 5.76. The van der Waals surface area contributed by atoms with E-state index in [9.17, 15) is 13.6 Å². The maximum Gasteiger partial charge on any atom is 0.253 e. The van der Waals surface area contributed by atoms with Gasteiger partial charge in [0.05, 0.1) is 22.6 Å². The van der Waals surface area contributed by atoms with Crippen LogP contribution in [0.1, 0.15) is 43.0 Å². The molecule has 0 unspecified atom stereocenters. The van der Waals surface area contributed by atoms with E-state index in [0.29, 0.717) is 17.2 Å². The average molecular weight is 352 g/mol. The topological polar surface area (TPSA) is 70.4 Å². The Bertz CT molecular complexity index is 649. The predicted molar refractivity (Wildman–Crippen MR) is 96.4 cm³/mol. The smallest absolute Gasteiger partial charge is 0.253 e. The zero-order chi connectivity index (χ0) is 18.2. The van der Waals surface area contributed by atoms with E-state index < -0.39 is 12.0 Å². The van der Waals surface area contributed by atoms with Crippen molar-refractivity contribution in [2.24, 2.45) is 5.92 Å². The van der Waals surface area contributed by atoms with Gasteiger partial charge < -0.3 is 21.3 Å². The van der Waals surface area contributed by atoms with Gasteiger partial charge in [-0.25, -0.2) is 8.78 Å². The molecule has 2 fully saturated rings. The van der Waals surface area contributed by atoms with Crippen molar-refractivity contribution in [3.8, 4) is 0 Å². The van der Waals surface area contributed by atoms with E-state index in [1.165, 1.54) is 0 Å². The standard InChI is InChI=1S/C18H26F2N4O/c1-11-3-5-24(6-4-11)16-8-15(22-2)14(21)7-13(16)17(25)23-12-9-18(19,20)10-12/h7-8,11-12,22H,3-6,9-10,21H2,1-2H3,(H,23,25). The van der Waals surface area contributed by atoms with Gasteiger partial charge in [0.15, 0.2) is 0 Å². The van der Waals surface area contributed by atoms with Gasteiger partial charge in [-0.2, -0.15) is 0 Å². The van der Waals surface area contributed by atoms with Gasteiger partial charge in [-0.15, -0.1) is 0 Å². The molecule has 0 bridgehead atoms. The number of nitrogens with two attached hydrogens (primary N) is 1. The summed E-state index contributed by atoms with van der Waals surface area (Å²) in [4.78, 5) is 14.9. The highest BCUT2D eigenvalue weighted by atomic mass is 19.3. The number of nitrogens with zero attached hydrogens (tertiary/aromatic N) is 1. The molecule has 0 atom stereocenters. The Morgan fingerprint density at radius 3 is 2.48 bits per heavy atom. The molecular formula is C18H26F2N4O. The van der Waals surface area contributed by atoms with E-state index in [-0.39, 0.29) is 18.7 Å². The number of hydrogen-bond acceptors (Lipinski definition) is 4. The second kappa shape index (κ2) is 6.69. The van der Waals surface area contributed by atoms with E-state index in [4.69, 9.17) is 5.73 Å². The fraction of sp³-hybridized carbons (Fsp3) is 0.611. The van der Waals surface area contributed by atoms with Crippen LogP contribution in [0.15, 0.2) is 12.1 Å². The molecular weight excluding hydrogens is 326 g/mol. The highest BCUT2D eigenvalue weighted by Crippen LogP contribution is 2.38. The van der Waals surface area contributed by atoms with Crippen LogP contribution in [0.5, 0.6) is 0 Å². The first-order valence-electron chi connectivity index (χ1n) is 8.84. The van der Waals surface area contributed by atoms with E-state index >= 15 is 0 Å². The molecule has 1 saturated carbocycles. The number of hydrogen-bond donors (Lipinski definition) is 3. The molecule has 138 valence electrons. The van der Waals surface area contributed by atoms with Crippen LogP contribution in [0, 0.1) is 5.92 Å². The fourth-order valence-electron chi connectivity index (χ4n) is 3.54. The van der Waals surface area contributed by atoms with Crippen LogP contribution >= 0.6 is 0 Å². The molecule has 1 aliphatic carbocycles. The van der Waals surface area contributed by atoms with Gasteiger partial charge in [0.1, 0.15) is 0 Å². The number of carbonyl (C=O) groups excluding carboxylic acids is 1. The number of alkyl halides is 2.